The zero-order valence-electron chi connectivity index (χ0n) is 20.5. The molecule has 0 spiro atoms. The zero-order chi connectivity index (χ0) is 24.3. The molecule has 0 radical (unpaired) electrons. The fourth-order valence-corrected chi connectivity index (χ4v) is 5.46. The summed E-state index contributed by atoms with van der Waals surface area (Å²) in [6, 6.07) is 7.82. The quantitative estimate of drug-likeness (QED) is 0.444. The molecule has 190 valence electrons. The van der Waals surface area contributed by atoms with Gasteiger partial charge in [-0.1, -0.05) is 0 Å². The van der Waals surface area contributed by atoms with Crippen LogP contribution in [0.2, 0.25) is 0 Å². The molecule has 0 bridgehead atoms. The highest BCUT2D eigenvalue weighted by Gasteiger charge is 2.27. The third-order valence-corrected chi connectivity index (χ3v) is 8.06. The van der Waals surface area contributed by atoms with E-state index in [-0.39, 0.29) is 17.3 Å². The fourth-order valence-electron chi connectivity index (χ4n) is 4.10. The number of hydrogen-bond donors (Lipinski definition) is 0. The molecule has 3 heterocycles. The zero-order valence-corrected chi connectivity index (χ0v) is 22.1. The van der Waals surface area contributed by atoms with Gasteiger partial charge in [-0.05, 0) is 31.2 Å². The van der Waals surface area contributed by atoms with Crippen molar-refractivity contribution in [3.8, 4) is 17.0 Å². The van der Waals surface area contributed by atoms with Crippen LogP contribution in [-0.2, 0) is 17.1 Å². The largest absolute Gasteiger partial charge is 0.497 e. The predicted molar refractivity (Wildman–Crippen MR) is 138 cm³/mol. The third-order valence-electron chi connectivity index (χ3n) is 6.10. The van der Waals surface area contributed by atoms with Gasteiger partial charge >= 0.3 is 0 Å². The summed E-state index contributed by atoms with van der Waals surface area (Å²) in [5, 5.41) is 4.16. The molecule has 0 atom stereocenters. The Labute approximate surface area is 213 Å². The highest BCUT2D eigenvalue weighted by Crippen LogP contribution is 2.28. The first-order chi connectivity index (χ1) is 16.3. The summed E-state index contributed by atoms with van der Waals surface area (Å²) in [4.78, 5) is 14.0. The maximum absolute atomic E-state index is 12.9. The van der Waals surface area contributed by atoms with Gasteiger partial charge in [-0.2, -0.15) is 9.40 Å². The predicted octanol–water partition coefficient (Wildman–Crippen LogP) is 2.06. The first-order valence-corrected chi connectivity index (χ1v) is 12.6. The molecule has 1 aliphatic rings. The van der Waals surface area contributed by atoms with E-state index >= 15 is 0 Å². The van der Waals surface area contributed by atoms with E-state index in [1.165, 1.54) is 8.99 Å². The Morgan fingerprint density at radius 2 is 1.71 bits per heavy atom. The lowest BCUT2D eigenvalue weighted by Crippen LogP contribution is -2.49. The van der Waals surface area contributed by atoms with Crippen LogP contribution in [0.1, 0.15) is 5.69 Å². The minimum Gasteiger partial charge on any atom is -0.497 e. The van der Waals surface area contributed by atoms with E-state index in [0.29, 0.717) is 18.8 Å². The average Bonchev–Trinajstić information content (AvgIpc) is 3.21. The summed E-state index contributed by atoms with van der Waals surface area (Å²) in [7, 11) is 1.44. The molecule has 0 amide bonds. The van der Waals surface area contributed by atoms with Crippen molar-refractivity contribution in [3.05, 3.63) is 48.5 Å². The molecule has 3 aromatic rings. The normalized spacial score (nSPS) is 14.7. The van der Waals surface area contributed by atoms with Gasteiger partial charge in [-0.3, -0.25) is 14.6 Å². The van der Waals surface area contributed by atoms with Crippen LogP contribution >= 0.6 is 12.4 Å². The topological polar surface area (TPSA) is 96.7 Å². The number of ether oxygens (including phenoxy) is 1. The van der Waals surface area contributed by atoms with Gasteiger partial charge in [-0.15, -0.1) is 12.4 Å². The van der Waals surface area contributed by atoms with Crippen molar-refractivity contribution in [2.45, 2.75) is 11.8 Å². The molecule has 35 heavy (non-hydrogen) atoms. The van der Waals surface area contributed by atoms with E-state index in [4.69, 9.17) is 4.74 Å². The average molecular weight is 522 g/mol. The van der Waals surface area contributed by atoms with Crippen LogP contribution in [0.15, 0.2) is 47.8 Å². The van der Waals surface area contributed by atoms with Gasteiger partial charge in [-0.25, -0.2) is 13.4 Å². The Bertz CT molecular complexity index is 1230. The van der Waals surface area contributed by atoms with Crippen LogP contribution in [0.4, 0.5) is 5.82 Å². The molecule has 10 nitrogen and oxygen atoms in total. The van der Waals surface area contributed by atoms with Crippen LogP contribution in [0.3, 0.4) is 0 Å². The lowest BCUT2D eigenvalue weighted by atomic mass is 10.1. The first-order valence-electron chi connectivity index (χ1n) is 11.2. The van der Waals surface area contributed by atoms with E-state index < -0.39 is 10.0 Å². The summed E-state index contributed by atoms with van der Waals surface area (Å²) in [5.41, 5.74) is 2.35. The van der Waals surface area contributed by atoms with Gasteiger partial charge in [0.05, 0.1) is 12.8 Å². The molecule has 1 saturated heterocycles. The minimum absolute atomic E-state index is 0. The standard InChI is InChI=1S/C23H31N7O3S.ClH/c1-18-21(17-27(2)26-18)34(31,32)28(3)11-12-29-13-15-30(16-14-29)23-22(24-9-10-25-23)19-5-7-20(33-4)8-6-19;/h5-10,17H,11-16H2,1-4H3;1H. The van der Waals surface area contributed by atoms with Crippen LogP contribution in [0.5, 0.6) is 5.75 Å². The Hall–Kier alpha value is -2.73. The van der Waals surface area contributed by atoms with Crippen molar-refractivity contribution < 1.29 is 13.2 Å². The number of anilines is 1. The molecule has 4 rings (SSSR count). The van der Waals surface area contributed by atoms with Crippen molar-refractivity contribution in [2.75, 3.05) is 58.3 Å². The maximum Gasteiger partial charge on any atom is 0.246 e. The number of aryl methyl sites for hydroxylation is 2. The lowest BCUT2D eigenvalue weighted by molar-refractivity contribution is 0.243. The second-order valence-electron chi connectivity index (χ2n) is 8.36. The number of likely N-dealkylation sites (N-methyl/N-ethyl adjacent to an activating group) is 1. The highest BCUT2D eigenvalue weighted by molar-refractivity contribution is 7.89. The summed E-state index contributed by atoms with van der Waals surface area (Å²) >= 11 is 0. The molecule has 0 N–H and O–H groups in total. The number of sulfonamides is 1. The highest BCUT2D eigenvalue weighted by atomic mass is 35.5. The molecule has 0 unspecified atom stereocenters. The van der Waals surface area contributed by atoms with Crippen molar-refractivity contribution >= 4 is 28.2 Å². The summed E-state index contributed by atoms with van der Waals surface area (Å²) in [6.45, 7) is 6.01. The van der Waals surface area contributed by atoms with Crippen LogP contribution in [-0.4, -0.2) is 90.8 Å². The molecule has 2 aromatic heterocycles. The van der Waals surface area contributed by atoms with Crippen LogP contribution in [0, 0.1) is 6.92 Å². The van der Waals surface area contributed by atoms with Crippen LogP contribution < -0.4 is 9.64 Å². The maximum atomic E-state index is 12.9. The number of rotatable bonds is 8. The molecular formula is C23H32ClN7O3S. The van der Waals surface area contributed by atoms with Gasteiger partial charge in [0.1, 0.15) is 16.3 Å². The fraction of sp³-hybridized carbons (Fsp3) is 0.435. The van der Waals surface area contributed by atoms with E-state index in [2.05, 4.69) is 24.9 Å². The number of aromatic nitrogens is 4. The number of methoxy groups -OCH3 is 1. The van der Waals surface area contributed by atoms with E-state index in [1.54, 1.807) is 46.7 Å². The Kier molecular flexibility index (Phi) is 8.70. The Morgan fingerprint density at radius 3 is 2.31 bits per heavy atom. The monoisotopic (exact) mass is 521 g/mol. The van der Waals surface area contributed by atoms with Crippen molar-refractivity contribution in [3.63, 3.8) is 0 Å². The number of nitrogens with zero attached hydrogens (tertiary/aromatic N) is 7. The number of halogens is 1. The Morgan fingerprint density at radius 1 is 1.06 bits per heavy atom. The number of benzene rings is 1. The Balaban J connectivity index is 0.00000342. The van der Waals surface area contributed by atoms with Gasteiger partial charge in [0, 0.05) is 77.5 Å². The third kappa shape index (κ3) is 5.92. The summed E-state index contributed by atoms with van der Waals surface area (Å²) in [5.74, 6) is 1.66. The summed E-state index contributed by atoms with van der Waals surface area (Å²) < 4.78 is 34.0. The molecule has 0 saturated carbocycles. The van der Waals surface area contributed by atoms with Crippen molar-refractivity contribution in [1.82, 2.24) is 29.0 Å². The second kappa shape index (κ2) is 11.3. The van der Waals surface area contributed by atoms with Crippen LogP contribution in [0.25, 0.3) is 11.3 Å². The van der Waals surface area contributed by atoms with Crippen molar-refractivity contribution in [2.24, 2.45) is 7.05 Å². The van der Waals surface area contributed by atoms with E-state index in [0.717, 1.165) is 49.0 Å². The minimum atomic E-state index is -3.56. The molecule has 1 aliphatic heterocycles. The van der Waals surface area contributed by atoms with Gasteiger partial charge in [0.25, 0.3) is 0 Å². The summed E-state index contributed by atoms with van der Waals surface area (Å²) in [6.07, 6.45) is 4.98. The molecule has 1 aromatic carbocycles. The molecule has 1 fully saturated rings. The van der Waals surface area contributed by atoms with E-state index in [1.807, 2.05) is 24.3 Å². The van der Waals surface area contributed by atoms with E-state index in [9.17, 15) is 8.42 Å². The number of hydrogen-bond acceptors (Lipinski definition) is 8. The second-order valence-corrected chi connectivity index (χ2v) is 10.4. The van der Waals surface area contributed by atoms with Crippen molar-refractivity contribution in [1.29, 1.82) is 0 Å². The van der Waals surface area contributed by atoms with Gasteiger partial charge < -0.3 is 9.64 Å². The smallest absolute Gasteiger partial charge is 0.246 e. The molecule has 12 heteroatoms. The van der Waals surface area contributed by atoms with Gasteiger partial charge in [0.2, 0.25) is 10.0 Å². The lowest BCUT2D eigenvalue weighted by Gasteiger charge is -2.36. The molecule has 0 aliphatic carbocycles. The first kappa shape index (κ1) is 26.9. The SMILES string of the molecule is COc1ccc(-c2nccnc2N2CCN(CCN(C)S(=O)(=O)c3cn(C)nc3C)CC2)cc1.Cl. The van der Waals surface area contributed by atoms with Gasteiger partial charge in [0.15, 0.2) is 5.82 Å². The molecular weight excluding hydrogens is 490 g/mol. The number of piperazine rings is 1.